The maximum absolute atomic E-state index is 10.5. The molecular formula is C12H26O2. The number of hydrogen-bond acceptors (Lipinski definition) is 2. The van der Waals surface area contributed by atoms with Gasteiger partial charge >= 0.3 is 0 Å². The van der Waals surface area contributed by atoms with Gasteiger partial charge in [0.25, 0.3) is 0 Å². The molecule has 0 saturated heterocycles. The van der Waals surface area contributed by atoms with Crippen LogP contribution in [0.1, 0.15) is 65.2 Å². The first-order chi connectivity index (χ1) is 6.81. The Labute approximate surface area is 88.7 Å². The first kappa shape index (κ1) is 16.1. The predicted molar refractivity (Wildman–Crippen MR) is 61.4 cm³/mol. The van der Waals surface area contributed by atoms with Crippen LogP contribution in [0.5, 0.6) is 0 Å². The van der Waals surface area contributed by atoms with Gasteiger partial charge in [-0.2, -0.15) is 0 Å². The molecule has 0 aromatic carbocycles. The van der Waals surface area contributed by atoms with E-state index in [0.29, 0.717) is 5.78 Å². The number of aliphatic hydroxyl groups is 1. The number of hydrogen-bond donors (Lipinski definition) is 1. The number of unbranched alkanes of at least 4 members (excludes halogenated alkanes) is 2. The minimum Gasteiger partial charge on any atom is -0.400 e. The minimum absolute atomic E-state index is 0.464. The second-order valence-corrected chi connectivity index (χ2v) is 3.45. The van der Waals surface area contributed by atoms with Crippen molar-refractivity contribution >= 4 is 5.78 Å². The van der Waals surface area contributed by atoms with Crippen molar-refractivity contribution in [2.45, 2.75) is 65.2 Å². The van der Waals surface area contributed by atoms with Crippen LogP contribution < -0.4 is 0 Å². The molecule has 1 aliphatic rings. The molecule has 0 radical (unpaired) electrons. The van der Waals surface area contributed by atoms with E-state index < -0.39 is 0 Å². The van der Waals surface area contributed by atoms with Crippen LogP contribution in [0.15, 0.2) is 0 Å². The fourth-order valence-electron chi connectivity index (χ4n) is 1.30. The Kier molecular flexibility index (Phi) is 17.4. The van der Waals surface area contributed by atoms with Gasteiger partial charge in [-0.05, 0) is 12.8 Å². The zero-order valence-electron chi connectivity index (χ0n) is 10.0. The van der Waals surface area contributed by atoms with Crippen molar-refractivity contribution in [2.24, 2.45) is 0 Å². The molecule has 14 heavy (non-hydrogen) atoms. The van der Waals surface area contributed by atoms with E-state index in [9.17, 15) is 4.79 Å². The van der Waals surface area contributed by atoms with Gasteiger partial charge in [0.1, 0.15) is 5.78 Å². The molecule has 0 unspecified atom stereocenters. The molecule has 0 amide bonds. The topological polar surface area (TPSA) is 37.3 Å². The molecule has 0 aromatic heterocycles. The third-order valence-corrected chi connectivity index (χ3v) is 2.12. The minimum atomic E-state index is 0.464. The van der Waals surface area contributed by atoms with E-state index in [2.05, 4.69) is 13.8 Å². The van der Waals surface area contributed by atoms with Gasteiger partial charge < -0.3 is 5.11 Å². The second-order valence-electron chi connectivity index (χ2n) is 3.45. The Hall–Kier alpha value is -0.370. The van der Waals surface area contributed by atoms with Crippen LogP contribution in [0.25, 0.3) is 0 Å². The molecule has 2 heteroatoms. The van der Waals surface area contributed by atoms with Crippen molar-refractivity contribution in [1.29, 1.82) is 0 Å². The van der Waals surface area contributed by atoms with Crippen LogP contribution in [-0.2, 0) is 4.79 Å². The Bertz CT molecular complexity index is 101. The second kappa shape index (κ2) is 15.1. The molecule has 1 aliphatic carbocycles. The summed E-state index contributed by atoms with van der Waals surface area (Å²) in [5, 5.41) is 7.00. The SMILES string of the molecule is CCCCC.CO.O=C1CCCCC1. The van der Waals surface area contributed by atoms with Crippen LogP contribution >= 0.6 is 0 Å². The van der Waals surface area contributed by atoms with Crippen molar-refractivity contribution in [3.63, 3.8) is 0 Å². The van der Waals surface area contributed by atoms with Gasteiger partial charge in [0, 0.05) is 20.0 Å². The monoisotopic (exact) mass is 202 g/mol. The van der Waals surface area contributed by atoms with Crippen LogP contribution in [0.4, 0.5) is 0 Å². The summed E-state index contributed by atoms with van der Waals surface area (Å²) in [5.41, 5.74) is 0. The van der Waals surface area contributed by atoms with Crippen molar-refractivity contribution < 1.29 is 9.90 Å². The highest BCUT2D eigenvalue weighted by molar-refractivity contribution is 5.78. The quantitative estimate of drug-likeness (QED) is 0.745. The summed E-state index contributed by atoms with van der Waals surface area (Å²) in [6.45, 7) is 4.42. The first-order valence-electron chi connectivity index (χ1n) is 5.77. The van der Waals surface area contributed by atoms with E-state index in [1.165, 1.54) is 25.7 Å². The zero-order valence-corrected chi connectivity index (χ0v) is 10.0. The largest absolute Gasteiger partial charge is 0.400 e. The van der Waals surface area contributed by atoms with Gasteiger partial charge in [-0.15, -0.1) is 0 Å². The number of carbonyl (C=O) groups is 1. The number of rotatable bonds is 2. The number of carbonyl (C=O) groups excluding carboxylic acids is 1. The summed E-state index contributed by atoms with van der Waals surface area (Å²) in [6.07, 6.45) is 9.32. The molecule has 0 atom stereocenters. The van der Waals surface area contributed by atoms with Crippen molar-refractivity contribution in [3.05, 3.63) is 0 Å². The maximum atomic E-state index is 10.5. The molecule has 0 aromatic rings. The lowest BCUT2D eigenvalue weighted by Crippen LogP contribution is -2.02. The highest BCUT2D eigenvalue weighted by Crippen LogP contribution is 2.12. The van der Waals surface area contributed by atoms with Crippen molar-refractivity contribution in [1.82, 2.24) is 0 Å². The molecular weight excluding hydrogens is 176 g/mol. The van der Waals surface area contributed by atoms with E-state index in [1.807, 2.05) is 0 Å². The Morgan fingerprint density at radius 1 is 1.00 bits per heavy atom. The van der Waals surface area contributed by atoms with Gasteiger partial charge in [-0.3, -0.25) is 4.79 Å². The summed E-state index contributed by atoms with van der Waals surface area (Å²) in [5.74, 6) is 0.464. The lowest BCUT2D eigenvalue weighted by atomic mass is 10.00. The molecule has 1 saturated carbocycles. The molecule has 0 aliphatic heterocycles. The Balaban J connectivity index is 0. The molecule has 0 bridgehead atoms. The average Bonchev–Trinajstić information content (AvgIpc) is 2.24. The van der Waals surface area contributed by atoms with E-state index in [4.69, 9.17) is 5.11 Å². The summed E-state index contributed by atoms with van der Waals surface area (Å²) in [7, 11) is 1.00. The maximum Gasteiger partial charge on any atom is 0.132 e. The number of Topliss-reactive ketones (excluding diaryl/α,β-unsaturated/α-hetero) is 1. The van der Waals surface area contributed by atoms with Gasteiger partial charge in [0.05, 0.1) is 0 Å². The van der Waals surface area contributed by atoms with E-state index in [1.54, 1.807) is 0 Å². The standard InChI is InChI=1S/C6H10O.C5H12.CH4O/c7-6-4-2-1-3-5-6;1-3-5-4-2;1-2/h1-5H2;3-5H2,1-2H3;2H,1H3. The molecule has 0 heterocycles. The predicted octanol–water partition coefficient (Wildman–Crippen LogP) is 3.32. The zero-order chi connectivity index (χ0) is 11.2. The van der Waals surface area contributed by atoms with Crippen LogP contribution in [0.2, 0.25) is 0 Å². The van der Waals surface area contributed by atoms with Crippen LogP contribution in [0.3, 0.4) is 0 Å². The fourth-order valence-corrected chi connectivity index (χ4v) is 1.30. The van der Waals surface area contributed by atoms with E-state index in [0.717, 1.165) is 32.8 Å². The van der Waals surface area contributed by atoms with Crippen LogP contribution in [-0.4, -0.2) is 18.0 Å². The summed E-state index contributed by atoms with van der Waals surface area (Å²) in [6, 6.07) is 0. The number of aliphatic hydroxyl groups excluding tert-OH is 1. The van der Waals surface area contributed by atoms with Crippen molar-refractivity contribution in [3.8, 4) is 0 Å². The highest BCUT2D eigenvalue weighted by atomic mass is 16.2. The molecule has 1 rings (SSSR count). The third-order valence-electron chi connectivity index (χ3n) is 2.12. The molecule has 2 nitrogen and oxygen atoms in total. The lowest BCUT2D eigenvalue weighted by molar-refractivity contribution is -0.120. The normalized spacial score (nSPS) is 14.7. The van der Waals surface area contributed by atoms with E-state index in [-0.39, 0.29) is 0 Å². The van der Waals surface area contributed by atoms with Gasteiger partial charge in [0.15, 0.2) is 0 Å². The molecule has 1 fully saturated rings. The van der Waals surface area contributed by atoms with Gasteiger partial charge in [-0.25, -0.2) is 0 Å². The van der Waals surface area contributed by atoms with E-state index >= 15 is 0 Å². The summed E-state index contributed by atoms with van der Waals surface area (Å²) >= 11 is 0. The summed E-state index contributed by atoms with van der Waals surface area (Å²) in [4.78, 5) is 10.5. The highest BCUT2D eigenvalue weighted by Gasteiger charge is 2.05. The average molecular weight is 202 g/mol. The molecule has 86 valence electrons. The molecule has 1 N–H and O–H groups in total. The van der Waals surface area contributed by atoms with Gasteiger partial charge in [0.2, 0.25) is 0 Å². The molecule has 0 spiro atoms. The third kappa shape index (κ3) is 14.2. The Morgan fingerprint density at radius 2 is 1.43 bits per heavy atom. The fraction of sp³-hybridized carbons (Fsp3) is 0.917. The van der Waals surface area contributed by atoms with Gasteiger partial charge in [-0.1, -0.05) is 39.5 Å². The number of ketones is 1. The van der Waals surface area contributed by atoms with Crippen molar-refractivity contribution in [2.75, 3.05) is 7.11 Å². The lowest BCUT2D eigenvalue weighted by Gasteiger charge is -2.05. The summed E-state index contributed by atoms with van der Waals surface area (Å²) < 4.78 is 0. The van der Waals surface area contributed by atoms with Crippen LogP contribution in [0, 0.1) is 0 Å². The first-order valence-corrected chi connectivity index (χ1v) is 5.77. The smallest absolute Gasteiger partial charge is 0.132 e. The Morgan fingerprint density at radius 3 is 1.57 bits per heavy atom.